The van der Waals surface area contributed by atoms with Crippen molar-refractivity contribution >= 4 is 29.1 Å². The number of ether oxygens (including phenoxy) is 1. The Kier molecular flexibility index (Phi) is 7.77. The fraction of sp³-hybridized carbons (Fsp3) is 0.296. The van der Waals surface area contributed by atoms with Crippen LogP contribution in [0.3, 0.4) is 0 Å². The molecule has 0 radical (unpaired) electrons. The van der Waals surface area contributed by atoms with Crippen LogP contribution < -0.4 is 5.32 Å². The lowest BCUT2D eigenvalue weighted by Crippen LogP contribution is -2.49. The summed E-state index contributed by atoms with van der Waals surface area (Å²) in [5.74, 6) is -0.510. The molecule has 5 rings (SSSR count). The first-order valence-corrected chi connectivity index (χ1v) is 12.8. The molecule has 4 heterocycles. The maximum atomic E-state index is 14.0. The van der Waals surface area contributed by atoms with Gasteiger partial charge in [-0.25, -0.2) is 9.37 Å². The van der Waals surface area contributed by atoms with Crippen LogP contribution in [0, 0.1) is 5.82 Å². The number of aromatic nitrogens is 4. The maximum absolute atomic E-state index is 14.0. The molecule has 2 N–H and O–H groups in total. The normalized spacial score (nSPS) is 15.4. The van der Waals surface area contributed by atoms with E-state index in [0.717, 1.165) is 10.7 Å². The molecule has 1 amide bonds. The highest BCUT2D eigenvalue weighted by molar-refractivity contribution is 6.33. The Bertz CT molecular complexity index is 1600. The molecule has 1 atom stereocenters. The van der Waals surface area contributed by atoms with Crippen molar-refractivity contribution in [3.05, 3.63) is 82.1 Å². The molecule has 0 saturated carbocycles. The Morgan fingerprint density at radius 2 is 1.98 bits per heavy atom. The zero-order valence-corrected chi connectivity index (χ0v) is 22.7. The molecule has 0 fully saturated rings. The Hall–Kier alpha value is -3.94. The van der Waals surface area contributed by atoms with Crippen LogP contribution in [0.5, 0.6) is 0 Å². The van der Waals surface area contributed by atoms with Crippen LogP contribution in [0.2, 0.25) is 5.02 Å². The van der Waals surface area contributed by atoms with E-state index in [1.54, 1.807) is 27.8 Å². The van der Waals surface area contributed by atoms with Gasteiger partial charge in [0.2, 0.25) is 0 Å². The largest absolute Gasteiger partial charge is 0.435 e. The molecule has 3 aromatic heterocycles. The number of nitrogens with zero attached hydrogens (tertiary/aromatic N) is 5. The number of methoxy groups -OCH3 is 1. The van der Waals surface area contributed by atoms with Crippen LogP contribution in [0.15, 0.2) is 48.8 Å². The van der Waals surface area contributed by atoms with Gasteiger partial charge in [0.25, 0.3) is 5.91 Å². The number of hydrogen-bond acceptors (Lipinski definition) is 6. The van der Waals surface area contributed by atoms with Crippen molar-refractivity contribution in [2.45, 2.75) is 31.9 Å². The number of halogens is 5. The Morgan fingerprint density at radius 1 is 1.20 bits per heavy atom. The van der Waals surface area contributed by atoms with Gasteiger partial charge in [0.1, 0.15) is 23.1 Å². The molecule has 0 bridgehead atoms. The van der Waals surface area contributed by atoms with E-state index in [0.29, 0.717) is 34.5 Å². The smallest absolute Gasteiger partial charge is 0.392 e. The molecule has 4 aromatic rings. The van der Waals surface area contributed by atoms with Gasteiger partial charge in [0, 0.05) is 56.8 Å². The monoisotopic (exact) mass is 592 g/mol. The van der Waals surface area contributed by atoms with Crippen molar-refractivity contribution in [1.29, 1.82) is 0 Å². The number of alkyl halides is 3. The average molecular weight is 593 g/mol. The molecule has 9 nitrogen and oxygen atoms in total. The number of anilines is 2. The van der Waals surface area contributed by atoms with Gasteiger partial charge in [-0.3, -0.25) is 9.48 Å². The quantitative estimate of drug-likeness (QED) is 0.280. The SMILES string of the molecule is COC[C@H]1Cn2cc(-c3cc(Nc4cc(C(F)(F)F)nn4C)ncc3Cl)cc2C(=O)N1Cc1cc(F)ccc1CO. The van der Waals surface area contributed by atoms with Crippen molar-refractivity contribution in [2.24, 2.45) is 7.05 Å². The minimum absolute atomic E-state index is 0.0652. The van der Waals surface area contributed by atoms with Gasteiger partial charge in [-0.15, -0.1) is 0 Å². The maximum Gasteiger partial charge on any atom is 0.435 e. The Labute approximate surface area is 236 Å². The molecule has 1 aromatic carbocycles. The molecule has 1 aliphatic heterocycles. The van der Waals surface area contributed by atoms with Gasteiger partial charge in [-0.05, 0) is 35.4 Å². The van der Waals surface area contributed by atoms with Crippen molar-refractivity contribution in [1.82, 2.24) is 24.2 Å². The van der Waals surface area contributed by atoms with Gasteiger partial charge in [-0.2, -0.15) is 18.3 Å². The molecule has 0 aliphatic carbocycles. The highest BCUT2D eigenvalue weighted by atomic mass is 35.5. The second-order valence-electron chi connectivity index (χ2n) is 9.59. The average Bonchev–Trinajstić information content (AvgIpc) is 3.51. The highest BCUT2D eigenvalue weighted by Gasteiger charge is 2.35. The predicted octanol–water partition coefficient (Wildman–Crippen LogP) is 5.00. The number of benzene rings is 1. The number of carbonyl (C=O) groups is 1. The first-order chi connectivity index (χ1) is 19.5. The summed E-state index contributed by atoms with van der Waals surface area (Å²) in [5.41, 5.74) is 1.40. The molecule has 14 heteroatoms. The van der Waals surface area contributed by atoms with Gasteiger partial charge in [-0.1, -0.05) is 17.7 Å². The topological polar surface area (TPSA) is 97.4 Å². The van der Waals surface area contributed by atoms with E-state index in [4.69, 9.17) is 16.3 Å². The van der Waals surface area contributed by atoms with E-state index in [9.17, 15) is 27.5 Å². The van der Waals surface area contributed by atoms with Crippen LogP contribution >= 0.6 is 11.6 Å². The number of pyridine rings is 1. The van der Waals surface area contributed by atoms with Crippen LogP contribution in [-0.4, -0.2) is 55.0 Å². The van der Waals surface area contributed by atoms with Crippen molar-refractivity contribution in [3.63, 3.8) is 0 Å². The number of aliphatic hydroxyl groups excluding tert-OH is 1. The van der Waals surface area contributed by atoms with E-state index >= 15 is 0 Å². The second-order valence-corrected chi connectivity index (χ2v) is 10.00. The number of aliphatic hydroxyl groups is 1. The predicted molar refractivity (Wildman–Crippen MR) is 142 cm³/mol. The van der Waals surface area contributed by atoms with E-state index in [1.807, 2.05) is 0 Å². The van der Waals surface area contributed by atoms with Gasteiger partial charge >= 0.3 is 6.18 Å². The minimum Gasteiger partial charge on any atom is -0.392 e. The third-order valence-corrected chi connectivity index (χ3v) is 7.16. The van der Waals surface area contributed by atoms with Crippen molar-refractivity contribution in [2.75, 3.05) is 19.0 Å². The van der Waals surface area contributed by atoms with Crippen LogP contribution in [0.25, 0.3) is 11.1 Å². The summed E-state index contributed by atoms with van der Waals surface area (Å²) < 4.78 is 61.4. The van der Waals surface area contributed by atoms with Gasteiger partial charge < -0.3 is 24.6 Å². The Balaban J connectivity index is 1.46. The first kappa shape index (κ1) is 28.6. The third kappa shape index (κ3) is 5.78. The molecule has 216 valence electrons. The number of carbonyl (C=O) groups excluding carboxylic acids is 1. The Morgan fingerprint density at radius 3 is 2.66 bits per heavy atom. The highest BCUT2D eigenvalue weighted by Crippen LogP contribution is 2.35. The lowest BCUT2D eigenvalue weighted by Gasteiger charge is -2.36. The van der Waals surface area contributed by atoms with Crippen LogP contribution in [-0.2, 0) is 37.7 Å². The van der Waals surface area contributed by atoms with Crippen LogP contribution in [0.1, 0.15) is 27.3 Å². The number of nitrogens with one attached hydrogen (secondary N) is 1. The number of aryl methyl sites for hydroxylation is 1. The molecule has 0 unspecified atom stereocenters. The molecule has 41 heavy (non-hydrogen) atoms. The second kappa shape index (κ2) is 11.1. The lowest BCUT2D eigenvalue weighted by atomic mass is 10.0. The molecule has 1 aliphatic rings. The summed E-state index contributed by atoms with van der Waals surface area (Å²) >= 11 is 6.45. The van der Waals surface area contributed by atoms with Gasteiger partial charge in [0.15, 0.2) is 5.69 Å². The minimum atomic E-state index is -4.60. The number of rotatable bonds is 8. The first-order valence-electron chi connectivity index (χ1n) is 12.4. The van der Waals surface area contributed by atoms with E-state index in [2.05, 4.69) is 15.4 Å². The summed E-state index contributed by atoms with van der Waals surface area (Å²) in [6.45, 7) is 0.356. The third-order valence-electron chi connectivity index (χ3n) is 6.86. The van der Waals surface area contributed by atoms with Crippen molar-refractivity contribution in [3.8, 4) is 11.1 Å². The van der Waals surface area contributed by atoms with E-state index in [1.165, 1.54) is 38.6 Å². The van der Waals surface area contributed by atoms with E-state index in [-0.39, 0.29) is 48.4 Å². The molecule has 0 spiro atoms. The molecular weight excluding hydrogens is 568 g/mol. The summed E-state index contributed by atoms with van der Waals surface area (Å²) in [7, 11) is 2.89. The fourth-order valence-corrected chi connectivity index (χ4v) is 5.04. The molecular formula is C27H25ClF4N6O3. The summed E-state index contributed by atoms with van der Waals surface area (Å²) in [6, 6.07) is 7.75. The van der Waals surface area contributed by atoms with E-state index < -0.39 is 17.7 Å². The summed E-state index contributed by atoms with van der Waals surface area (Å²) in [5, 5.41) is 16.3. The summed E-state index contributed by atoms with van der Waals surface area (Å²) in [4.78, 5) is 19.4. The van der Waals surface area contributed by atoms with Gasteiger partial charge in [0.05, 0.1) is 24.3 Å². The number of fused-ring (bicyclic) bond motifs is 1. The molecule has 0 saturated heterocycles. The number of amides is 1. The zero-order valence-electron chi connectivity index (χ0n) is 21.9. The van der Waals surface area contributed by atoms with Crippen molar-refractivity contribution < 1.29 is 32.2 Å². The standard InChI is InChI=1S/C27H25ClF4N6O3/c1-36-25(8-23(35-36)27(30,31)32)34-24-7-20(21(28)9-33-24)17-6-22-26(40)38(19(14-41-2)12-37(22)10-17)11-16-5-18(29)4-3-15(16)13-39/h3-10,19,39H,11-14H2,1-2H3,(H,33,34)/t19-/m1/s1. The zero-order chi connectivity index (χ0) is 29.5. The fourth-order valence-electron chi connectivity index (χ4n) is 4.82. The van der Waals surface area contributed by atoms with Crippen LogP contribution in [0.4, 0.5) is 29.2 Å². The lowest BCUT2D eigenvalue weighted by molar-refractivity contribution is -0.141. The number of hydrogen-bond donors (Lipinski definition) is 2. The summed E-state index contributed by atoms with van der Waals surface area (Å²) in [6.07, 6.45) is -1.48.